The van der Waals surface area contributed by atoms with Gasteiger partial charge in [-0.25, -0.2) is 4.79 Å². The predicted molar refractivity (Wildman–Crippen MR) is 81.4 cm³/mol. The molecule has 0 saturated carbocycles. The van der Waals surface area contributed by atoms with E-state index in [9.17, 15) is 20.3 Å². The monoisotopic (exact) mass is 339 g/mol. The van der Waals surface area contributed by atoms with Crippen LogP contribution in [-0.4, -0.2) is 34.5 Å². The SMILES string of the molecule is N#CC(C(=O)OCCCCO)=C1Sc2c(O)ccc(O)c2S1. The number of ether oxygens (including phenoxy) is 1. The Labute approximate surface area is 135 Å². The summed E-state index contributed by atoms with van der Waals surface area (Å²) in [6, 6.07) is 4.51. The summed E-state index contributed by atoms with van der Waals surface area (Å²) in [6.07, 6.45) is 1.03. The Morgan fingerprint density at radius 1 is 1.18 bits per heavy atom. The number of phenolic OH excluding ortho intramolecular Hbond substituents is 2. The average molecular weight is 339 g/mol. The molecular weight excluding hydrogens is 326 g/mol. The first-order chi connectivity index (χ1) is 10.6. The van der Waals surface area contributed by atoms with Crippen molar-refractivity contribution >= 4 is 29.5 Å². The molecule has 0 aromatic heterocycles. The number of phenols is 2. The van der Waals surface area contributed by atoms with Gasteiger partial charge in [-0.05, 0) is 25.0 Å². The quantitative estimate of drug-likeness (QED) is 0.246. The van der Waals surface area contributed by atoms with E-state index >= 15 is 0 Å². The number of rotatable bonds is 5. The number of hydrogen-bond acceptors (Lipinski definition) is 8. The molecule has 2 rings (SSSR count). The van der Waals surface area contributed by atoms with Crippen LogP contribution >= 0.6 is 23.5 Å². The Kier molecular flexibility index (Phi) is 5.60. The number of benzene rings is 1. The molecule has 1 aliphatic heterocycles. The first-order valence-corrected chi connectivity index (χ1v) is 8.04. The lowest BCUT2D eigenvalue weighted by atomic mass is 10.3. The molecule has 0 saturated heterocycles. The highest BCUT2D eigenvalue weighted by Crippen LogP contribution is 2.58. The number of thioether (sulfide) groups is 2. The molecule has 0 fully saturated rings. The van der Waals surface area contributed by atoms with Gasteiger partial charge >= 0.3 is 5.97 Å². The molecule has 0 amide bonds. The van der Waals surface area contributed by atoms with Crippen LogP contribution in [0.2, 0.25) is 0 Å². The smallest absolute Gasteiger partial charge is 0.350 e. The van der Waals surface area contributed by atoms with Gasteiger partial charge in [0.05, 0.1) is 20.6 Å². The van der Waals surface area contributed by atoms with Crippen LogP contribution in [0.1, 0.15) is 12.8 Å². The fourth-order valence-electron chi connectivity index (χ4n) is 1.67. The lowest BCUT2D eigenvalue weighted by Crippen LogP contribution is -2.09. The van der Waals surface area contributed by atoms with Gasteiger partial charge in [-0.15, -0.1) is 0 Å². The lowest BCUT2D eigenvalue weighted by Gasteiger charge is -2.04. The highest BCUT2D eigenvalue weighted by atomic mass is 32.2. The van der Waals surface area contributed by atoms with E-state index in [1.807, 2.05) is 6.07 Å². The van der Waals surface area contributed by atoms with E-state index in [2.05, 4.69) is 0 Å². The fourth-order valence-corrected chi connectivity index (χ4v) is 4.16. The van der Waals surface area contributed by atoms with Gasteiger partial charge in [0.15, 0.2) is 5.57 Å². The first kappa shape index (κ1) is 16.5. The van der Waals surface area contributed by atoms with Crippen molar-refractivity contribution in [1.82, 2.24) is 0 Å². The topological polar surface area (TPSA) is 111 Å². The second kappa shape index (κ2) is 7.45. The van der Waals surface area contributed by atoms with Crippen molar-refractivity contribution in [3.63, 3.8) is 0 Å². The van der Waals surface area contributed by atoms with Gasteiger partial charge in [0.25, 0.3) is 0 Å². The zero-order valence-corrected chi connectivity index (χ0v) is 13.0. The number of fused-ring (bicyclic) bond motifs is 1. The molecule has 0 aliphatic carbocycles. The maximum Gasteiger partial charge on any atom is 0.350 e. The van der Waals surface area contributed by atoms with E-state index in [0.717, 1.165) is 23.5 Å². The number of carbonyl (C=O) groups excluding carboxylic acids is 1. The number of nitriles is 1. The third-order valence-corrected chi connectivity index (χ3v) is 5.41. The van der Waals surface area contributed by atoms with Crippen molar-refractivity contribution in [3.8, 4) is 17.6 Å². The summed E-state index contributed by atoms with van der Waals surface area (Å²) >= 11 is 2.10. The van der Waals surface area contributed by atoms with Crippen molar-refractivity contribution in [3.05, 3.63) is 21.9 Å². The van der Waals surface area contributed by atoms with Crippen molar-refractivity contribution in [1.29, 1.82) is 5.26 Å². The third kappa shape index (κ3) is 3.50. The number of aliphatic hydroxyl groups is 1. The minimum absolute atomic E-state index is 0.0172. The summed E-state index contributed by atoms with van der Waals surface area (Å²) < 4.78 is 5.35. The van der Waals surface area contributed by atoms with Crippen LogP contribution in [0.5, 0.6) is 11.5 Å². The molecule has 1 aliphatic rings. The fraction of sp³-hybridized carbons (Fsp3) is 0.286. The number of hydrogen-bond donors (Lipinski definition) is 3. The van der Waals surface area contributed by atoms with Gasteiger partial charge in [-0.2, -0.15) is 5.26 Å². The lowest BCUT2D eigenvalue weighted by molar-refractivity contribution is -0.138. The van der Waals surface area contributed by atoms with Crippen LogP contribution in [0.4, 0.5) is 0 Å². The summed E-state index contributed by atoms with van der Waals surface area (Å²) in [4.78, 5) is 12.8. The van der Waals surface area contributed by atoms with E-state index in [0.29, 0.717) is 26.9 Å². The van der Waals surface area contributed by atoms with Crippen molar-refractivity contribution in [2.45, 2.75) is 22.6 Å². The van der Waals surface area contributed by atoms with E-state index < -0.39 is 5.97 Å². The highest BCUT2D eigenvalue weighted by molar-refractivity contribution is 8.24. The second-order valence-electron chi connectivity index (χ2n) is 4.31. The summed E-state index contributed by atoms with van der Waals surface area (Å²) in [7, 11) is 0. The molecule has 8 heteroatoms. The number of aliphatic hydroxyl groups excluding tert-OH is 1. The number of unbranched alkanes of at least 4 members (excludes halogenated alkanes) is 1. The molecule has 116 valence electrons. The molecule has 1 heterocycles. The van der Waals surface area contributed by atoms with Gasteiger partial charge in [0.1, 0.15) is 17.6 Å². The standard InChI is InChI=1S/C14H13NO5S2/c15-7-8(13(19)20-6-2-1-5-16)14-21-11-9(17)3-4-10(18)12(11)22-14/h3-4,16-18H,1-2,5-6H2. The molecule has 0 spiro atoms. The van der Waals surface area contributed by atoms with Crippen molar-refractivity contribution < 1.29 is 24.9 Å². The first-order valence-electron chi connectivity index (χ1n) is 6.41. The Morgan fingerprint density at radius 3 is 2.27 bits per heavy atom. The van der Waals surface area contributed by atoms with E-state index in [1.54, 1.807) is 0 Å². The number of nitrogens with zero attached hydrogens (tertiary/aromatic N) is 1. The summed E-state index contributed by atoms with van der Waals surface area (Å²) in [5.74, 6) is -0.787. The van der Waals surface area contributed by atoms with Crippen LogP contribution in [0.15, 0.2) is 31.7 Å². The molecule has 0 radical (unpaired) electrons. The molecule has 0 bridgehead atoms. The largest absolute Gasteiger partial charge is 0.507 e. The van der Waals surface area contributed by atoms with Gasteiger partial charge < -0.3 is 20.1 Å². The number of carbonyl (C=O) groups is 1. The van der Waals surface area contributed by atoms with E-state index in [1.165, 1.54) is 12.1 Å². The van der Waals surface area contributed by atoms with Crippen LogP contribution in [0, 0.1) is 11.3 Å². The summed E-state index contributed by atoms with van der Waals surface area (Å²) in [6.45, 7) is 0.139. The summed E-state index contributed by atoms with van der Waals surface area (Å²) in [5.41, 5.74) is -0.158. The Morgan fingerprint density at radius 2 is 1.77 bits per heavy atom. The molecule has 1 aromatic carbocycles. The Hall–Kier alpha value is -1.82. The minimum atomic E-state index is -0.748. The molecule has 3 N–H and O–H groups in total. The Balaban J connectivity index is 2.16. The number of esters is 1. The zero-order valence-electron chi connectivity index (χ0n) is 11.4. The van der Waals surface area contributed by atoms with Crippen LogP contribution < -0.4 is 0 Å². The van der Waals surface area contributed by atoms with Gasteiger partial charge in [0.2, 0.25) is 0 Å². The van der Waals surface area contributed by atoms with Gasteiger partial charge in [-0.3, -0.25) is 0 Å². The van der Waals surface area contributed by atoms with E-state index in [4.69, 9.17) is 9.84 Å². The van der Waals surface area contributed by atoms with Gasteiger partial charge in [-0.1, -0.05) is 23.5 Å². The van der Waals surface area contributed by atoms with Crippen molar-refractivity contribution in [2.24, 2.45) is 0 Å². The molecule has 1 aromatic rings. The predicted octanol–water partition coefficient (Wildman–Crippen LogP) is 2.35. The molecule has 0 unspecified atom stereocenters. The normalized spacial score (nSPS) is 12.6. The number of aromatic hydroxyl groups is 2. The summed E-state index contributed by atoms with van der Waals surface area (Å²) in [5, 5.41) is 37.4. The van der Waals surface area contributed by atoms with Crippen molar-refractivity contribution in [2.75, 3.05) is 13.2 Å². The van der Waals surface area contributed by atoms with Crippen LogP contribution in [-0.2, 0) is 9.53 Å². The zero-order chi connectivity index (χ0) is 16.1. The minimum Gasteiger partial charge on any atom is -0.507 e. The average Bonchev–Trinajstić information content (AvgIpc) is 2.94. The van der Waals surface area contributed by atoms with E-state index in [-0.39, 0.29) is 30.3 Å². The molecule has 22 heavy (non-hydrogen) atoms. The maximum atomic E-state index is 11.9. The molecule has 0 atom stereocenters. The molecule has 6 nitrogen and oxygen atoms in total. The van der Waals surface area contributed by atoms with Crippen LogP contribution in [0.25, 0.3) is 0 Å². The maximum absolute atomic E-state index is 11.9. The third-order valence-electron chi connectivity index (χ3n) is 2.77. The second-order valence-corrected chi connectivity index (χ2v) is 6.61. The van der Waals surface area contributed by atoms with Gasteiger partial charge in [0, 0.05) is 6.61 Å². The Bertz CT molecular complexity index is 633. The highest BCUT2D eigenvalue weighted by Gasteiger charge is 2.29. The van der Waals surface area contributed by atoms with Crippen LogP contribution in [0.3, 0.4) is 0 Å². The molecular formula is C14H13NO5S2.